The third-order valence-electron chi connectivity index (χ3n) is 5.06. The summed E-state index contributed by atoms with van der Waals surface area (Å²) in [4.78, 5) is 15.0. The van der Waals surface area contributed by atoms with E-state index in [1.54, 1.807) is 24.4 Å². The summed E-state index contributed by atoms with van der Waals surface area (Å²) in [6, 6.07) is 10.9. The number of amides is 1. The largest absolute Gasteiger partial charge is 0.379 e. The predicted molar refractivity (Wildman–Crippen MR) is 111 cm³/mol. The second kappa shape index (κ2) is 8.55. The maximum absolute atomic E-state index is 13.4. The van der Waals surface area contributed by atoms with E-state index in [0.29, 0.717) is 18.7 Å². The van der Waals surface area contributed by atoms with Crippen LogP contribution in [-0.2, 0) is 19.6 Å². The fourth-order valence-corrected chi connectivity index (χ4v) is 4.51. The SMILES string of the molecule is O=C(CCNS(=O)(=O)c1ccc(-c2c[nH]c3cc(F)ccc23)cc1)N[C@@H]1CCOC1. The highest BCUT2D eigenvalue weighted by Crippen LogP contribution is 2.29. The van der Waals surface area contributed by atoms with E-state index >= 15 is 0 Å². The van der Waals surface area contributed by atoms with Crippen LogP contribution in [0.15, 0.2) is 53.6 Å². The van der Waals surface area contributed by atoms with Crippen molar-refractivity contribution in [1.82, 2.24) is 15.0 Å². The van der Waals surface area contributed by atoms with E-state index in [9.17, 15) is 17.6 Å². The summed E-state index contributed by atoms with van der Waals surface area (Å²) in [6.45, 7) is 1.13. The maximum atomic E-state index is 13.4. The molecule has 0 saturated carbocycles. The number of carbonyl (C=O) groups excluding carboxylic acids is 1. The Morgan fingerprint density at radius 2 is 2.00 bits per heavy atom. The van der Waals surface area contributed by atoms with Crippen molar-refractivity contribution in [3.63, 3.8) is 0 Å². The third-order valence-corrected chi connectivity index (χ3v) is 6.54. The number of hydrogen-bond acceptors (Lipinski definition) is 4. The molecule has 158 valence electrons. The van der Waals surface area contributed by atoms with Gasteiger partial charge in [-0.15, -0.1) is 0 Å². The highest BCUT2D eigenvalue weighted by Gasteiger charge is 2.19. The summed E-state index contributed by atoms with van der Waals surface area (Å²) < 4.78 is 46.0. The Bertz CT molecular complexity index is 1150. The molecule has 0 spiro atoms. The highest BCUT2D eigenvalue weighted by atomic mass is 32.2. The van der Waals surface area contributed by atoms with Gasteiger partial charge >= 0.3 is 0 Å². The summed E-state index contributed by atoms with van der Waals surface area (Å²) in [5, 5.41) is 3.67. The van der Waals surface area contributed by atoms with E-state index in [0.717, 1.165) is 22.9 Å². The van der Waals surface area contributed by atoms with Crippen LogP contribution in [0.3, 0.4) is 0 Å². The van der Waals surface area contributed by atoms with Crippen molar-refractivity contribution in [3.8, 4) is 11.1 Å². The van der Waals surface area contributed by atoms with E-state index in [1.807, 2.05) is 0 Å². The minimum atomic E-state index is -3.73. The first-order valence-electron chi connectivity index (χ1n) is 9.66. The van der Waals surface area contributed by atoms with Crippen LogP contribution in [0.4, 0.5) is 4.39 Å². The lowest BCUT2D eigenvalue weighted by atomic mass is 10.1. The monoisotopic (exact) mass is 431 g/mol. The molecule has 3 N–H and O–H groups in total. The van der Waals surface area contributed by atoms with E-state index in [4.69, 9.17) is 4.74 Å². The molecule has 0 aliphatic carbocycles. The zero-order chi connectivity index (χ0) is 21.1. The number of benzene rings is 2. The van der Waals surface area contributed by atoms with Gasteiger partial charge in [-0.1, -0.05) is 12.1 Å². The Kier molecular flexibility index (Phi) is 5.85. The van der Waals surface area contributed by atoms with Crippen LogP contribution in [0.1, 0.15) is 12.8 Å². The number of sulfonamides is 1. The van der Waals surface area contributed by atoms with Crippen LogP contribution < -0.4 is 10.0 Å². The van der Waals surface area contributed by atoms with Crippen molar-refractivity contribution >= 4 is 26.8 Å². The van der Waals surface area contributed by atoms with E-state index < -0.39 is 10.0 Å². The van der Waals surface area contributed by atoms with Gasteiger partial charge in [0.15, 0.2) is 0 Å². The average Bonchev–Trinajstić information content (AvgIpc) is 3.37. The van der Waals surface area contributed by atoms with Crippen molar-refractivity contribution in [1.29, 1.82) is 0 Å². The first kappa shape index (κ1) is 20.5. The molecule has 2 heterocycles. The average molecular weight is 431 g/mol. The van der Waals surface area contributed by atoms with Crippen LogP contribution >= 0.6 is 0 Å². The number of ether oxygens (including phenoxy) is 1. The summed E-state index contributed by atoms with van der Waals surface area (Å²) in [5.41, 5.74) is 2.34. The summed E-state index contributed by atoms with van der Waals surface area (Å²) in [7, 11) is -3.73. The number of hydrogen-bond donors (Lipinski definition) is 3. The number of H-pyrrole nitrogens is 1. The molecule has 9 heteroatoms. The van der Waals surface area contributed by atoms with Gasteiger partial charge < -0.3 is 15.0 Å². The predicted octanol–water partition coefficient (Wildman–Crippen LogP) is 2.55. The maximum Gasteiger partial charge on any atom is 0.240 e. The summed E-state index contributed by atoms with van der Waals surface area (Å²) >= 11 is 0. The van der Waals surface area contributed by atoms with Crippen LogP contribution in [-0.4, -0.2) is 45.1 Å². The van der Waals surface area contributed by atoms with E-state index in [2.05, 4.69) is 15.0 Å². The van der Waals surface area contributed by atoms with Gasteiger partial charge in [0, 0.05) is 42.2 Å². The van der Waals surface area contributed by atoms with E-state index in [1.165, 1.54) is 24.3 Å². The molecule has 1 fully saturated rings. The molecule has 30 heavy (non-hydrogen) atoms. The molecule has 1 aliphatic heterocycles. The van der Waals surface area contributed by atoms with Crippen molar-refractivity contribution in [2.45, 2.75) is 23.8 Å². The van der Waals surface area contributed by atoms with Gasteiger partial charge in [-0.25, -0.2) is 17.5 Å². The van der Waals surface area contributed by atoms with Crippen molar-refractivity contribution in [3.05, 3.63) is 54.5 Å². The molecule has 1 amide bonds. The Labute approximate surface area is 173 Å². The molecule has 4 rings (SSSR count). The molecule has 1 aliphatic rings. The topological polar surface area (TPSA) is 100 Å². The first-order chi connectivity index (χ1) is 14.4. The number of fused-ring (bicyclic) bond motifs is 1. The Balaban J connectivity index is 1.39. The summed E-state index contributed by atoms with van der Waals surface area (Å²) in [6.07, 6.45) is 2.59. The van der Waals surface area contributed by atoms with Crippen molar-refractivity contribution in [2.24, 2.45) is 0 Å². The van der Waals surface area contributed by atoms with Gasteiger partial charge in [0.1, 0.15) is 5.82 Å². The van der Waals surface area contributed by atoms with Crippen LogP contribution in [0.2, 0.25) is 0 Å². The molecule has 1 saturated heterocycles. The Morgan fingerprint density at radius 3 is 2.73 bits per heavy atom. The number of rotatable bonds is 7. The number of halogens is 1. The van der Waals surface area contributed by atoms with Crippen molar-refractivity contribution < 1.29 is 22.3 Å². The fraction of sp³-hybridized carbons (Fsp3) is 0.286. The second-order valence-corrected chi connectivity index (χ2v) is 8.96. The van der Waals surface area contributed by atoms with Crippen molar-refractivity contribution in [2.75, 3.05) is 19.8 Å². The van der Waals surface area contributed by atoms with Gasteiger partial charge in [-0.3, -0.25) is 4.79 Å². The van der Waals surface area contributed by atoms with Gasteiger partial charge in [-0.05, 0) is 42.3 Å². The van der Waals surface area contributed by atoms with Gasteiger partial charge in [0.05, 0.1) is 17.5 Å². The lowest BCUT2D eigenvalue weighted by Gasteiger charge is -2.11. The van der Waals surface area contributed by atoms with Gasteiger partial charge in [0.2, 0.25) is 15.9 Å². The zero-order valence-corrected chi connectivity index (χ0v) is 17.0. The third kappa shape index (κ3) is 4.53. The zero-order valence-electron chi connectivity index (χ0n) is 16.2. The second-order valence-electron chi connectivity index (χ2n) is 7.19. The Hall–Kier alpha value is -2.75. The first-order valence-corrected chi connectivity index (χ1v) is 11.1. The van der Waals surface area contributed by atoms with E-state index in [-0.39, 0.29) is 35.6 Å². The lowest BCUT2D eigenvalue weighted by Crippen LogP contribution is -2.37. The minimum absolute atomic E-state index is 0.00246. The number of aromatic amines is 1. The smallest absolute Gasteiger partial charge is 0.240 e. The van der Waals surface area contributed by atoms with Crippen LogP contribution in [0, 0.1) is 5.82 Å². The van der Waals surface area contributed by atoms with Crippen LogP contribution in [0.25, 0.3) is 22.0 Å². The fourth-order valence-electron chi connectivity index (χ4n) is 3.48. The molecular formula is C21H22FN3O4S. The molecular weight excluding hydrogens is 409 g/mol. The quantitative estimate of drug-likeness (QED) is 0.535. The van der Waals surface area contributed by atoms with Gasteiger partial charge in [0.25, 0.3) is 0 Å². The molecule has 3 aromatic rings. The molecule has 0 unspecified atom stereocenters. The highest BCUT2D eigenvalue weighted by molar-refractivity contribution is 7.89. The number of nitrogens with one attached hydrogen (secondary N) is 3. The standard InChI is InChI=1S/C21H22FN3O4S/c22-15-3-6-18-19(12-23-20(18)11-15)14-1-4-17(5-2-14)30(27,28)24-9-7-21(26)25-16-8-10-29-13-16/h1-6,11-12,16,23-24H,7-10,13H2,(H,25,26)/t16-/m1/s1. The molecule has 1 atom stereocenters. The van der Waals surface area contributed by atoms with Crippen LogP contribution in [0.5, 0.6) is 0 Å². The normalized spacial score (nSPS) is 16.8. The molecule has 1 aromatic heterocycles. The minimum Gasteiger partial charge on any atom is -0.379 e. The van der Waals surface area contributed by atoms with Gasteiger partial charge in [-0.2, -0.15) is 0 Å². The lowest BCUT2D eigenvalue weighted by molar-refractivity contribution is -0.121. The summed E-state index contributed by atoms with van der Waals surface area (Å²) in [5.74, 6) is -0.534. The molecule has 2 aromatic carbocycles. The number of aromatic nitrogens is 1. The Morgan fingerprint density at radius 1 is 1.20 bits per heavy atom. The molecule has 0 bridgehead atoms. The number of carbonyl (C=O) groups is 1. The molecule has 7 nitrogen and oxygen atoms in total. The molecule has 0 radical (unpaired) electrons.